The van der Waals surface area contributed by atoms with Gasteiger partial charge in [-0.05, 0) is 24.6 Å². The van der Waals surface area contributed by atoms with E-state index in [1.54, 1.807) is 19.1 Å². The Hall–Kier alpha value is -1.87. The lowest BCUT2D eigenvalue weighted by Crippen LogP contribution is -2.10. The number of hydrogen-bond donors (Lipinski definition) is 1. The van der Waals surface area contributed by atoms with Gasteiger partial charge in [-0.2, -0.15) is 0 Å². The molecule has 0 heterocycles. The molecule has 0 aliphatic carbocycles. The first kappa shape index (κ1) is 12.6. The highest BCUT2D eigenvalue weighted by atomic mass is 19.1. The second-order valence-corrected chi connectivity index (χ2v) is 4.21. The molecule has 2 aromatic rings. The highest BCUT2D eigenvalue weighted by Gasteiger charge is 2.13. The maximum Gasteiger partial charge on any atom is 0.131 e. The minimum absolute atomic E-state index is 0.324. The molecule has 0 spiro atoms. The molecule has 0 saturated carbocycles. The molecule has 0 radical (unpaired) electrons. The van der Waals surface area contributed by atoms with E-state index in [2.05, 4.69) is 0 Å². The first-order valence-corrected chi connectivity index (χ1v) is 5.89. The van der Waals surface area contributed by atoms with Crippen molar-refractivity contribution in [2.45, 2.75) is 19.6 Å². The van der Waals surface area contributed by atoms with Gasteiger partial charge in [0.15, 0.2) is 0 Å². The predicted octanol–water partition coefficient (Wildman–Crippen LogP) is 3.42. The Morgan fingerprint density at radius 2 is 1.83 bits per heavy atom. The molecule has 0 aliphatic rings. The van der Waals surface area contributed by atoms with Crippen LogP contribution in [0.1, 0.15) is 24.1 Å². The van der Waals surface area contributed by atoms with Gasteiger partial charge >= 0.3 is 0 Å². The highest BCUT2D eigenvalue weighted by Crippen LogP contribution is 2.27. The molecule has 0 aromatic heterocycles. The lowest BCUT2D eigenvalue weighted by atomic mass is 10.1. The van der Waals surface area contributed by atoms with E-state index in [9.17, 15) is 4.39 Å². The van der Waals surface area contributed by atoms with Crippen LogP contribution in [0.25, 0.3) is 0 Å². The zero-order valence-electron chi connectivity index (χ0n) is 10.3. The van der Waals surface area contributed by atoms with Crippen molar-refractivity contribution >= 4 is 0 Å². The van der Waals surface area contributed by atoms with E-state index in [0.29, 0.717) is 17.9 Å². The summed E-state index contributed by atoms with van der Waals surface area (Å²) in [5, 5.41) is 0. The number of halogens is 1. The molecular formula is C15H16FNO. The fourth-order valence-electron chi connectivity index (χ4n) is 1.82. The van der Waals surface area contributed by atoms with Crippen LogP contribution in [0.15, 0.2) is 48.5 Å². The van der Waals surface area contributed by atoms with Gasteiger partial charge in [-0.1, -0.05) is 36.4 Å². The number of ether oxygens (including phenoxy) is 1. The number of benzene rings is 2. The van der Waals surface area contributed by atoms with Crippen molar-refractivity contribution in [2.24, 2.45) is 5.73 Å². The van der Waals surface area contributed by atoms with Gasteiger partial charge in [0.05, 0.1) is 0 Å². The lowest BCUT2D eigenvalue weighted by Gasteiger charge is -2.14. The van der Waals surface area contributed by atoms with E-state index in [1.807, 2.05) is 30.3 Å². The van der Waals surface area contributed by atoms with Gasteiger partial charge in [0.2, 0.25) is 0 Å². The Kier molecular flexibility index (Phi) is 3.95. The van der Waals surface area contributed by atoms with Gasteiger partial charge < -0.3 is 10.5 Å². The van der Waals surface area contributed by atoms with Gasteiger partial charge in [0.25, 0.3) is 0 Å². The summed E-state index contributed by atoms with van der Waals surface area (Å²) in [6.07, 6.45) is 0. The molecule has 0 unspecified atom stereocenters. The second-order valence-electron chi connectivity index (χ2n) is 4.21. The van der Waals surface area contributed by atoms with Gasteiger partial charge in [0, 0.05) is 11.6 Å². The van der Waals surface area contributed by atoms with Crippen LogP contribution in [0, 0.1) is 5.82 Å². The Balaban J connectivity index is 2.17. The first-order valence-electron chi connectivity index (χ1n) is 5.89. The monoisotopic (exact) mass is 245 g/mol. The van der Waals surface area contributed by atoms with Crippen molar-refractivity contribution in [2.75, 3.05) is 0 Å². The maximum absolute atomic E-state index is 13.7. The van der Waals surface area contributed by atoms with E-state index >= 15 is 0 Å². The minimum Gasteiger partial charge on any atom is -0.488 e. The van der Waals surface area contributed by atoms with Crippen LogP contribution >= 0.6 is 0 Å². The SMILES string of the molecule is C[C@H](N)c1c(F)cccc1OCc1ccccc1. The third-order valence-electron chi connectivity index (χ3n) is 2.71. The van der Waals surface area contributed by atoms with E-state index in [-0.39, 0.29) is 5.82 Å². The number of hydrogen-bond acceptors (Lipinski definition) is 2. The molecule has 0 amide bonds. The van der Waals surface area contributed by atoms with E-state index in [4.69, 9.17) is 10.5 Å². The molecule has 2 nitrogen and oxygen atoms in total. The van der Waals surface area contributed by atoms with Crippen LogP contribution in [-0.2, 0) is 6.61 Å². The number of rotatable bonds is 4. The summed E-state index contributed by atoms with van der Waals surface area (Å²) in [6.45, 7) is 2.15. The van der Waals surface area contributed by atoms with Gasteiger partial charge in [-0.15, -0.1) is 0 Å². The average molecular weight is 245 g/mol. The van der Waals surface area contributed by atoms with E-state index in [1.165, 1.54) is 6.07 Å². The van der Waals surface area contributed by atoms with Crippen molar-refractivity contribution in [1.82, 2.24) is 0 Å². The molecule has 3 heteroatoms. The largest absolute Gasteiger partial charge is 0.488 e. The topological polar surface area (TPSA) is 35.2 Å². The normalized spacial score (nSPS) is 12.2. The van der Waals surface area contributed by atoms with Crippen molar-refractivity contribution in [3.8, 4) is 5.75 Å². The van der Waals surface area contributed by atoms with Crippen molar-refractivity contribution in [3.63, 3.8) is 0 Å². The van der Waals surface area contributed by atoms with E-state index < -0.39 is 6.04 Å². The van der Waals surface area contributed by atoms with E-state index in [0.717, 1.165) is 5.56 Å². The molecule has 0 saturated heterocycles. The fourth-order valence-corrected chi connectivity index (χ4v) is 1.82. The molecule has 0 fully saturated rings. The summed E-state index contributed by atoms with van der Waals surface area (Å²) in [4.78, 5) is 0. The van der Waals surface area contributed by atoms with Crippen molar-refractivity contribution in [1.29, 1.82) is 0 Å². The van der Waals surface area contributed by atoms with Gasteiger partial charge in [-0.25, -0.2) is 4.39 Å². The second kappa shape index (κ2) is 5.65. The molecule has 2 N–H and O–H groups in total. The zero-order chi connectivity index (χ0) is 13.0. The van der Waals surface area contributed by atoms with Gasteiger partial charge in [0.1, 0.15) is 18.2 Å². The van der Waals surface area contributed by atoms with Crippen molar-refractivity contribution in [3.05, 3.63) is 65.5 Å². The quantitative estimate of drug-likeness (QED) is 0.895. The summed E-state index contributed by atoms with van der Waals surface area (Å²) in [6, 6.07) is 14.1. The Labute approximate surface area is 106 Å². The third-order valence-corrected chi connectivity index (χ3v) is 2.71. The fraction of sp³-hybridized carbons (Fsp3) is 0.200. The predicted molar refractivity (Wildman–Crippen MR) is 69.8 cm³/mol. The first-order chi connectivity index (χ1) is 8.68. The maximum atomic E-state index is 13.7. The molecule has 18 heavy (non-hydrogen) atoms. The summed E-state index contributed by atoms with van der Waals surface area (Å²) in [5.41, 5.74) is 7.23. The summed E-state index contributed by atoms with van der Waals surface area (Å²) >= 11 is 0. The lowest BCUT2D eigenvalue weighted by molar-refractivity contribution is 0.299. The number of nitrogens with two attached hydrogens (primary N) is 1. The minimum atomic E-state index is -0.392. The van der Waals surface area contributed by atoms with Crippen LogP contribution in [0.3, 0.4) is 0 Å². The average Bonchev–Trinajstić information content (AvgIpc) is 2.37. The Morgan fingerprint density at radius 1 is 1.11 bits per heavy atom. The summed E-state index contributed by atoms with van der Waals surface area (Å²) in [7, 11) is 0. The van der Waals surface area contributed by atoms with Crippen LogP contribution in [0.2, 0.25) is 0 Å². The van der Waals surface area contributed by atoms with Crippen molar-refractivity contribution < 1.29 is 9.13 Å². The molecule has 94 valence electrons. The van der Waals surface area contributed by atoms with Crippen LogP contribution < -0.4 is 10.5 Å². The van der Waals surface area contributed by atoms with Crippen LogP contribution in [0.5, 0.6) is 5.75 Å². The molecular weight excluding hydrogens is 229 g/mol. The Morgan fingerprint density at radius 3 is 2.50 bits per heavy atom. The summed E-state index contributed by atoms with van der Waals surface area (Å²) in [5.74, 6) is 0.185. The smallest absolute Gasteiger partial charge is 0.131 e. The van der Waals surface area contributed by atoms with Gasteiger partial charge in [-0.3, -0.25) is 0 Å². The molecule has 0 aliphatic heterocycles. The third kappa shape index (κ3) is 2.87. The highest BCUT2D eigenvalue weighted by molar-refractivity contribution is 5.37. The van der Waals surface area contributed by atoms with Crippen LogP contribution in [-0.4, -0.2) is 0 Å². The molecule has 0 bridgehead atoms. The zero-order valence-corrected chi connectivity index (χ0v) is 10.3. The molecule has 2 aromatic carbocycles. The standard InChI is InChI=1S/C15H16FNO/c1-11(17)15-13(16)8-5-9-14(15)18-10-12-6-3-2-4-7-12/h2-9,11H,10,17H2,1H3/t11-/m0/s1. The molecule has 1 atom stereocenters. The van der Waals surface area contributed by atoms with Crippen LogP contribution in [0.4, 0.5) is 4.39 Å². The Bertz CT molecular complexity index is 511. The molecule has 2 rings (SSSR count). The summed E-state index contributed by atoms with van der Waals surface area (Å²) < 4.78 is 19.3.